The lowest BCUT2D eigenvalue weighted by Gasteiger charge is -2.17. The molecule has 18 heavy (non-hydrogen) atoms. The van der Waals surface area contributed by atoms with E-state index in [0.717, 1.165) is 0 Å². The van der Waals surface area contributed by atoms with Crippen LogP contribution < -0.4 is 5.32 Å². The molecule has 1 nitrogen and oxygen atoms in total. The number of nitrogens with one attached hydrogen (secondary N) is 1. The molecule has 1 fully saturated rings. The SMILES string of the molecule is c1ccc2c(CC3CCCCCN3)cccc2c1. The molecule has 1 saturated heterocycles. The van der Waals surface area contributed by atoms with Crippen LogP contribution in [0.4, 0.5) is 0 Å². The third-order valence-electron chi connectivity index (χ3n) is 4.01. The first-order valence-corrected chi connectivity index (χ1v) is 7.13. The largest absolute Gasteiger partial charge is 0.314 e. The van der Waals surface area contributed by atoms with E-state index < -0.39 is 0 Å². The van der Waals surface area contributed by atoms with Gasteiger partial charge in [0.25, 0.3) is 0 Å². The third kappa shape index (κ3) is 2.56. The van der Waals surface area contributed by atoms with E-state index in [2.05, 4.69) is 47.8 Å². The molecule has 0 spiro atoms. The molecule has 1 heterocycles. The standard InChI is InChI=1S/C17H21N/c1-2-10-16(18-12-5-1)13-15-9-6-8-14-7-3-4-11-17(14)15/h3-4,6-9,11,16,18H,1-2,5,10,12-13H2. The Morgan fingerprint density at radius 2 is 1.83 bits per heavy atom. The summed E-state index contributed by atoms with van der Waals surface area (Å²) in [5, 5.41) is 6.48. The van der Waals surface area contributed by atoms with Crippen LogP contribution in [0.2, 0.25) is 0 Å². The zero-order chi connectivity index (χ0) is 12.2. The van der Waals surface area contributed by atoms with E-state index in [9.17, 15) is 0 Å². The van der Waals surface area contributed by atoms with Gasteiger partial charge in [0, 0.05) is 6.04 Å². The lowest BCUT2D eigenvalue weighted by atomic mass is 9.97. The minimum absolute atomic E-state index is 0.665. The van der Waals surface area contributed by atoms with Gasteiger partial charge in [0.2, 0.25) is 0 Å². The second-order valence-corrected chi connectivity index (χ2v) is 5.34. The Hall–Kier alpha value is -1.34. The van der Waals surface area contributed by atoms with Crippen molar-refractivity contribution in [2.24, 2.45) is 0 Å². The van der Waals surface area contributed by atoms with Crippen LogP contribution in [0.3, 0.4) is 0 Å². The third-order valence-corrected chi connectivity index (χ3v) is 4.01. The molecule has 1 N–H and O–H groups in total. The molecular weight excluding hydrogens is 218 g/mol. The fourth-order valence-corrected chi connectivity index (χ4v) is 3.01. The molecule has 1 aliphatic heterocycles. The normalized spacial score (nSPS) is 20.8. The summed E-state index contributed by atoms with van der Waals surface area (Å²) < 4.78 is 0. The Balaban J connectivity index is 1.85. The van der Waals surface area contributed by atoms with Crippen molar-refractivity contribution in [1.82, 2.24) is 5.32 Å². The Morgan fingerprint density at radius 1 is 0.944 bits per heavy atom. The molecule has 94 valence electrons. The number of hydrogen-bond donors (Lipinski definition) is 1. The average molecular weight is 239 g/mol. The molecule has 0 aliphatic carbocycles. The summed E-state index contributed by atoms with van der Waals surface area (Å²) in [5.41, 5.74) is 1.49. The van der Waals surface area contributed by atoms with Gasteiger partial charge in [-0.1, -0.05) is 55.3 Å². The molecule has 1 heteroatoms. The maximum Gasteiger partial charge on any atom is 0.0108 e. The van der Waals surface area contributed by atoms with Gasteiger partial charge in [-0.15, -0.1) is 0 Å². The van der Waals surface area contributed by atoms with Gasteiger partial charge in [-0.3, -0.25) is 0 Å². The van der Waals surface area contributed by atoms with Crippen LogP contribution in [0.5, 0.6) is 0 Å². The van der Waals surface area contributed by atoms with Crippen molar-refractivity contribution in [2.75, 3.05) is 6.54 Å². The van der Waals surface area contributed by atoms with Gasteiger partial charge >= 0.3 is 0 Å². The van der Waals surface area contributed by atoms with Crippen molar-refractivity contribution >= 4 is 10.8 Å². The Kier molecular flexibility index (Phi) is 3.61. The number of benzene rings is 2. The summed E-state index contributed by atoms with van der Waals surface area (Å²) in [6.45, 7) is 1.19. The first-order valence-electron chi connectivity index (χ1n) is 7.13. The van der Waals surface area contributed by atoms with Crippen LogP contribution in [0.25, 0.3) is 10.8 Å². The van der Waals surface area contributed by atoms with Crippen LogP contribution in [-0.2, 0) is 6.42 Å². The van der Waals surface area contributed by atoms with E-state index in [1.54, 1.807) is 0 Å². The summed E-state index contributed by atoms with van der Waals surface area (Å²) in [7, 11) is 0. The van der Waals surface area contributed by atoms with Crippen LogP contribution >= 0.6 is 0 Å². The van der Waals surface area contributed by atoms with E-state index in [-0.39, 0.29) is 0 Å². The number of hydrogen-bond acceptors (Lipinski definition) is 1. The van der Waals surface area contributed by atoms with Crippen LogP contribution in [-0.4, -0.2) is 12.6 Å². The molecule has 0 radical (unpaired) electrons. The van der Waals surface area contributed by atoms with Gasteiger partial charge < -0.3 is 5.32 Å². The van der Waals surface area contributed by atoms with E-state index in [1.165, 1.54) is 55.0 Å². The van der Waals surface area contributed by atoms with Gasteiger partial charge in [-0.25, -0.2) is 0 Å². The van der Waals surface area contributed by atoms with Gasteiger partial charge in [0.05, 0.1) is 0 Å². The lowest BCUT2D eigenvalue weighted by molar-refractivity contribution is 0.509. The molecular formula is C17H21N. The predicted molar refractivity (Wildman–Crippen MR) is 77.9 cm³/mol. The predicted octanol–water partition coefficient (Wildman–Crippen LogP) is 3.91. The molecule has 2 aromatic rings. The van der Waals surface area contributed by atoms with E-state index in [1.807, 2.05) is 0 Å². The second-order valence-electron chi connectivity index (χ2n) is 5.34. The Morgan fingerprint density at radius 3 is 2.83 bits per heavy atom. The maximum absolute atomic E-state index is 3.69. The monoisotopic (exact) mass is 239 g/mol. The van der Waals surface area contributed by atoms with Crippen LogP contribution in [0, 0.1) is 0 Å². The highest BCUT2D eigenvalue weighted by molar-refractivity contribution is 5.85. The first-order chi connectivity index (χ1) is 8.93. The zero-order valence-corrected chi connectivity index (χ0v) is 10.9. The molecule has 2 aromatic carbocycles. The average Bonchev–Trinajstić information content (AvgIpc) is 2.68. The van der Waals surface area contributed by atoms with E-state index in [0.29, 0.717) is 6.04 Å². The Labute approximate surface area is 109 Å². The van der Waals surface area contributed by atoms with Crippen molar-refractivity contribution in [3.05, 3.63) is 48.0 Å². The van der Waals surface area contributed by atoms with E-state index in [4.69, 9.17) is 0 Å². The highest BCUT2D eigenvalue weighted by Gasteiger charge is 2.13. The van der Waals surface area contributed by atoms with Crippen molar-refractivity contribution in [3.63, 3.8) is 0 Å². The highest BCUT2D eigenvalue weighted by atomic mass is 14.9. The van der Waals surface area contributed by atoms with Crippen LogP contribution in [0.15, 0.2) is 42.5 Å². The fraction of sp³-hybridized carbons (Fsp3) is 0.412. The van der Waals surface area contributed by atoms with Crippen molar-refractivity contribution in [1.29, 1.82) is 0 Å². The van der Waals surface area contributed by atoms with E-state index >= 15 is 0 Å². The molecule has 0 saturated carbocycles. The van der Waals surface area contributed by atoms with Gasteiger partial charge in [-0.05, 0) is 42.1 Å². The minimum Gasteiger partial charge on any atom is -0.314 e. The summed E-state index contributed by atoms with van der Waals surface area (Å²) in [5.74, 6) is 0. The Bertz CT molecular complexity index is 505. The first kappa shape index (κ1) is 11.7. The van der Waals surface area contributed by atoms with Crippen molar-refractivity contribution in [2.45, 2.75) is 38.1 Å². The van der Waals surface area contributed by atoms with Gasteiger partial charge in [0.1, 0.15) is 0 Å². The van der Waals surface area contributed by atoms with Gasteiger partial charge in [0.15, 0.2) is 0 Å². The molecule has 1 atom stereocenters. The zero-order valence-electron chi connectivity index (χ0n) is 10.9. The highest BCUT2D eigenvalue weighted by Crippen LogP contribution is 2.21. The molecule has 0 bridgehead atoms. The van der Waals surface area contributed by atoms with Gasteiger partial charge in [-0.2, -0.15) is 0 Å². The molecule has 0 aromatic heterocycles. The molecule has 1 unspecified atom stereocenters. The molecule has 3 rings (SSSR count). The van der Waals surface area contributed by atoms with Crippen molar-refractivity contribution in [3.8, 4) is 0 Å². The topological polar surface area (TPSA) is 12.0 Å². The summed E-state index contributed by atoms with van der Waals surface area (Å²) in [6.07, 6.45) is 6.60. The molecule has 1 aliphatic rings. The lowest BCUT2D eigenvalue weighted by Crippen LogP contribution is -2.30. The number of rotatable bonds is 2. The summed E-state index contributed by atoms with van der Waals surface area (Å²) in [6, 6.07) is 16.1. The number of fused-ring (bicyclic) bond motifs is 1. The maximum atomic E-state index is 3.69. The van der Waals surface area contributed by atoms with Crippen molar-refractivity contribution < 1.29 is 0 Å². The molecule has 0 amide bonds. The quantitative estimate of drug-likeness (QED) is 0.837. The van der Waals surface area contributed by atoms with Crippen LogP contribution in [0.1, 0.15) is 31.2 Å². The fourth-order valence-electron chi connectivity index (χ4n) is 3.01. The second kappa shape index (κ2) is 5.53. The smallest absolute Gasteiger partial charge is 0.0108 e. The summed E-state index contributed by atoms with van der Waals surface area (Å²) in [4.78, 5) is 0. The minimum atomic E-state index is 0.665. The summed E-state index contributed by atoms with van der Waals surface area (Å²) >= 11 is 0.